The van der Waals surface area contributed by atoms with E-state index in [1.54, 1.807) is 0 Å². The van der Waals surface area contributed by atoms with Gasteiger partial charge in [-0.1, -0.05) is 52.3 Å². The number of hydrogen-bond acceptors (Lipinski definition) is 5. The Morgan fingerprint density at radius 3 is 2.46 bits per heavy atom. The molecular formula is C20H16BrN5. The van der Waals surface area contributed by atoms with Crippen molar-refractivity contribution in [2.45, 2.75) is 6.54 Å². The van der Waals surface area contributed by atoms with E-state index in [9.17, 15) is 0 Å². The molecule has 26 heavy (non-hydrogen) atoms. The Labute approximate surface area is 159 Å². The molecule has 2 heterocycles. The second kappa shape index (κ2) is 6.82. The minimum absolute atomic E-state index is 0.419. The first-order valence-electron chi connectivity index (χ1n) is 8.12. The van der Waals surface area contributed by atoms with Gasteiger partial charge < -0.3 is 11.5 Å². The molecule has 0 bridgehead atoms. The molecule has 128 valence electrons. The molecule has 4 aromatic rings. The van der Waals surface area contributed by atoms with E-state index in [1.165, 1.54) is 6.33 Å². The minimum atomic E-state index is 0.419. The molecule has 6 heteroatoms. The molecule has 2 aromatic heterocycles. The summed E-state index contributed by atoms with van der Waals surface area (Å²) in [6.07, 6.45) is 1.44. The average molecular weight is 406 g/mol. The van der Waals surface area contributed by atoms with Crippen LogP contribution in [0.4, 0.5) is 5.82 Å². The topological polar surface area (TPSA) is 90.7 Å². The number of nitrogen functional groups attached to an aromatic ring is 1. The van der Waals surface area contributed by atoms with Crippen LogP contribution < -0.4 is 11.5 Å². The zero-order valence-electron chi connectivity index (χ0n) is 13.9. The number of nitrogens with two attached hydrogens (primary N) is 2. The lowest BCUT2D eigenvalue weighted by Crippen LogP contribution is -1.99. The van der Waals surface area contributed by atoms with E-state index in [1.807, 2.05) is 54.6 Å². The predicted molar refractivity (Wildman–Crippen MR) is 108 cm³/mol. The van der Waals surface area contributed by atoms with Crippen LogP contribution in [0, 0.1) is 0 Å². The van der Waals surface area contributed by atoms with Crippen LogP contribution in [0.3, 0.4) is 0 Å². The van der Waals surface area contributed by atoms with Gasteiger partial charge in [-0.2, -0.15) is 0 Å². The molecular weight excluding hydrogens is 390 g/mol. The number of rotatable bonds is 3. The third-order valence-corrected chi connectivity index (χ3v) is 4.75. The van der Waals surface area contributed by atoms with Crippen LogP contribution in [0.25, 0.3) is 33.4 Å². The normalized spacial score (nSPS) is 11.0. The van der Waals surface area contributed by atoms with Crippen molar-refractivity contribution in [2.75, 3.05) is 5.73 Å². The summed E-state index contributed by atoms with van der Waals surface area (Å²) in [5.41, 5.74) is 17.3. The number of aromatic nitrogens is 3. The first-order chi connectivity index (χ1) is 12.7. The maximum absolute atomic E-state index is 6.14. The van der Waals surface area contributed by atoms with Gasteiger partial charge in [-0.15, -0.1) is 0 Å². The van der Waals surface area contributed by atoms with Crippen molar-refractivity contribution in [2.24, 2.45) is 5.73 Å². The van der Waals surface area contributed by atoms with Gasteiger partial charge in [0.2, 0.25) is 0 Å². The fourth-order valence-electron chi connectivity index (χ4n) is 2.93. The highest BCUT2D eigenvalue weighted by molar-refractivity contribution is 9.10. The number of benzene rings is 2. The van der Waals surface area contributed by atoms with Crippen LogP contribution in [0.1, 0.15) is 5.56 Å². The van der Waals surface area contributed by atoms with Crippen molar-refractivity contribution in [3.63, 3.8) is 0 Å². The highest BCUT2D eigenvalue weighted by Crippen LogP contribution is 2.34. The number of pyridine rings is 1. The van der Waals surface area contributed by atoms with Crippen molar-refractivity contribution in [1.29, 1.82) is 0 Å². The van der Waals surface area contributed by atoms with Gasteiger partial charge in [-0.25, -0.2) is 15.0 Å². The lowest BCUT2D eigenvalue weighted by molar-refractivity contribution is 1.07. The Morgan fingerprint density at radius 2 is 1.73 bits per heavy atom. The first-order valence-corrected chi connectivity index (χ1v) is 8.91. The molecule has 0 aliphatic heterocycles. The van der Waals surface area contributed by atoms with Gasteiger partial charge in [-0.05, 0) is 34.9 Å². The SMILES string of the molecule is NCc1ccc(-c2cc(-c3cccc(Br)c3)c3c(N)ncnc3n2)cc1. The minimum Gasteiger partial charge on any atom is -0.383 e. The van der Waals surface area contributed by atoms with Crippen LogP contribution in [-0.4, -0.2) is 15.0 Å². The Hall–Kier alpha value is -2.83. The van der Waals surface area contributed by atoms with Crippen LogP contribution >= 0.6 is 15.9 Å². The van der Waals surface area contributed by atoms with E-state index in [2.05, 4.69) is 25.9 Å². The van der Waals surface area contributed by atoms with E-state index in [0.29, 0.717) is 18.0 Å². The Morgan fingerprint density at radius 1 is 0.923 bits per heavy atom. The number of halogens is 1. The van der Waals surface area contributed by atoms with Crippen LogP contribution in [0.5, 0.6) is 0 Å². The third kappa shape index (κ3) is 3.05. The second-order valence-electron chi connectivity index (χ2n) is 5.92. The fraction of sp³-hybridized carbons (Fsp3) is 0.0500. The van der Waals surface area contributed by atoms with Crippen LogP contribution in [0.15, 0.2) is 65.4 Å². The number of hydrogen-bond donors (Lipinski definition) is 2. The van der Waals surface area contributed by atoms with E-state index in [0.717, 1.165) is 37.8 Å². The summed E-state index contributed by atoms with van der Waals surface area (Å²) in [6, 6.07) is 18.1. The Bertz CT molecular complexity index is 1090. The molecule has 0 atom stereocenters. The van der Waals surface area contributed by atoms with Gasteiger partial charge in [0.15, 0.2) is 5.65 Å². The van der Waals surface area contributed by atoms with E-state index in [4.69, 9.17) is 16.5 Å². The molecule has 0 fully saturated rings. The molecule has 0 aliphatic rings. The molecule has 5 nitrogen and oxygen atoms in total. The van der Waals surface area contributed by atoms with Gasteiger partial charge >= 0.3 is 0 Å². The third-order valence-electron chi connectivity index (χ3n) is 4.25. The smallest absolute Gasteiger partial charge is 0.165 e. The molecule has 0 aliphatic carbocycles. The zero-order chi connectivity index (χ0) is 18.1. The lowest BCUT2D eigenvalue weighted by Gasteiger charge is -2.11. The highest BCUT2D eigenvalue weighted by atomic mass is 79.9. The van der Waals surface area contributed by atoms with Gasteiger partial charge in [0.25, 0.3) is 0 Å². The van der Waals surface area contributed by atoms with Crippen LogP contribution in [-0.2, 0) is 6.54 Å². The summed E-state index contributed by atoms with van der Waals surface area (Å²) in [4.78, 5) is 13.2. The van der Waals surface area contributed by atoms with Crippen molar-refractivity contribution in [3.05, 3.63) is 71.0 Å². The molecule has 0 saturated carbocycles. The number of nitrogens with zero attached hydrogens (tertiary/aromatic N) is 3. The average Bonchev–Trinajstić information content (AvgIpc) is 2.67. The molecule has 0 spiro atoms. The maximum atomic E-state index is 6.14. The molecule has 0 saturated heterocycles. The summed E-state index contributed by atoms with van der Waals surface area (Å²) in [6.45, 7) is 0.512. The maximum Gasteiger partial charge on any atom is 0.165 e. The van der Waals surface area contributed by atoms with Gasteiger partial charge in [0, 0.05) is 16.6 Å². The lowest BCUT2D eigenvalue weighted by atomic mass is 9.99. The zero-order valence-corrected chi connectivity index (χ0v) is 15.4. The Kier molecular flexibility index (Phi) is 4.36. The molecule has 2 aromatic carbocycles. The van der Waals surface area contributed by atoms with Crippen molar-refractivity contribution in [3.8, 4) is 22.4 Å². The highest BCUT2D eigenvalue weighted by Gasteiger charge is 2.14. The number of anilines is 1. The van der Waals surface area contributed by atoms with Gasteiger partial charge in [0.05, 0.1) is 11.1 Å². The fourth-order valence-corrected chi connectivity index (χ4v) is 3.33. The summed E-state index contributed by atoms with van der Waals surface area (Å²) in [5.74, 6) is 0.419. The molecule has 0 amide bonds. The Balaban J connectivity index is 1.98. The van der Waals surface area contributed by atoms with Crippen molar-refractivity contribution < 1.29 is 0 Å². The molecule has 4 rings (SSSR count). The largest absolute Gasteiger partial charge is 0.383 e. The summed E-state index contributed by atoms with van der Waals surface area (Å²) in [5, 5.41) is 0.757. The monoisotopic (exact) mass is 405 g/mol. The van der Waals surface area contributed by atoms with Crippen molar-refractivity contribution >= 4 is 32.8 Å². The van der Waals surface area contributed by atoms with Gasteiger partial charge in [-0.3, -0.25) is 0 Å². The summed E-state index contributed by atoms with van der Waals surface area (Å²) < 4.78 is 0.990. The van der Waals surface area contributed by atoms with Crippen molar-refractivity contribution in [1.82, 2.24) is 15.0 Å². The van der Waals surface area contributed by atoms with E-state index >= 15 is 0 Å². The predicted octanol–water partition coefficient (Wildman–Crippen LogP) is 4.16. The van der Waals surface area contributed by atoms with E-state index in [-0.39, 0.29) is 0 Å². The second-order valence-corrected chi connectivity index (χ2v) is 6.84. The first kappa shape index (κ1) is 16.6. The molecule has 0 radical (unpaired) electrons. The quantitative estimate of drug-likeness (QED) is 0.533. The standard InChI is InChI=1S/C20H16BrN5/c21-15-3-1-2-14(8-15)16-9-17(13-6-4-12(10-22)5-7-13)26-20-18(16)19(23)24-11-25-20/h1-9,11H,10,22H2,(H2,23,24,25,26). The van der Waals surface area contributed by atoms with Crippen LogP contribution in [0.2, 0.25) is 0 Å². The number of fused-ring (bicyclic) bond motifs is 1. The van der Waals surface area contributed by atoms with Gasteiger partial charge in [0.1, 0.15) is 12.1 Å². The molecule has 0 unspecified atom stereocenters. The summed E-state index contributed by atoms with van der Waals surface area (Å²) >= 11 is 3.53. The summed E-state index contributed by atoms with van der Waals surface area (Å²) in [7, 11) is 0. The molecule has 4 N–H and O–H groups in total. The van der Waals surface area contributed by atoms with E-state index < -0.39 is 0 Å².